The fourth-order valence-corrected chi connectivity index (χ4v) is 4.00. The second-order valence-electron chi connectivity index (χ2n) is 8.15. The number of carbonyl (C=O) groups is 3. The lowest BCUT2D eigenvalue weighted by molar-refractivity contribution is -0.127. The Morgan fingerprint density at radius 2 is 1.65 bits per heavy atom. The Morgan fingerprint density at radius 1 is 1.00 bits per heavy atom. The number of nitrogens with zero attached hydrogens (tertiary/aromatic N) is 2. The van der Waals surface area contributed by atoms with Gasteiger partial charge in [-0.2, -0.15) is 0 Å². The Kier molecular flexibility index (Phi) is 10.7. The molecule has 1 heterocycles. The van der Waals surface area contributed by atoms with Gasteiger partial charge in [0.1, 0.15) is 11.8 Å². The fourth-order valence-electron chi connectivity index (χ4n) is 3.47. The van der Waals surface area contributed by atoms with Crippen LogP contribution in [0.5, 0.6) is 0 Å². The maximum absolute atomic E-state index is 12.9. The molecule has 0 saturated carbocycles. The van der Waals surface area contributed by atoms with Crippen molar-refractivity contribution in [3.05, 3.63) is 28.2 Å². The van der Waals surface area contributed by atoms with Crippen LogP contribution in [0.25, 0.3) is 0 Å². The van der Waals surface area contributed by atoms with Crippen LogP contribution in [-0.2, 0) is 14.4 Å². The van der Waals surface area contributed by atoms with Crippen LogP contribution < -0.4 is 10.6 Å². The molecule has 1 saturated heterocycles. The minimum absolute atomic E-state index is 0.160. The molecule has 7 nitrogen and oxygen atoms in total. The molecule has 0 aliphatic carbocycles. The first kappa shape index (κ1) is 25.6. The standard InChI is InChI=1S/C22H32Cl2N4O3/c1-16(29)6-4-3-5-7-20(22(31)25-19-13-17(23)12-18(24)14-19)26-21(30)15-28-10-8-27(2)9-11-28/h12-14,20H,3-11,15H2,1-2H3,(H,25,31)(H,26,30)/t20-/m0/s1. The lowest BCUT2D eigenvalue weighted by atomic mass is 10.1. The van der Waals surface area contributed by atoms with Crippen molar-refractivity contribution in [2.24, 2.45) is 0 Å². The first-order valence-corrected chi connectivity index (χ1v) is 11.4. The van der Waals surface area contributed by atoms with E-state index in [2.05, 4.69) is 27.5 Å². The molecule has 9 heteroatoms. The highest BCUT2D eigenvalue weighted by atomic mass is 35.5. The molecule has 0 bridgehead atoms. The van der Waals surface area contributed by atoms with Crippen LogP contribution in [0.3, 0.4) is 0 Å². The topological polar surface area (TPSA) is 81.8 Å². The van der Waals surface area contributed by atoms with Gasteiger partial charge in [-0.25, -0.2) is 0 Å². The zero-order valence-electron chi connectivity index (χ0n) is 18.3. The summed E-state index contributed by atoms with van der Waals surface area (Å²) >= 11 is 12.0. The summed E-state index contributed by atoms with van der Waals surface area (Å²) in [5.74, 6) is -0.318. The number of rotatable bonds is 11. The van der Waals surface area contributed by atoms with Gasteiger partial charge in [0.25, 0.3) is 0 Å². The maximum Gasteiger partial charge on any atom is 0.246 e. The summed E-state index contributed by atoms with van der Waals surface area (Å²) in [4.78, 5) is 40.9. The third kappa shape index (κ3) is 9.99. The highest BCUT2D eigenvalue weighted by molar-refractivity contribution is 6.35. The number of benzene rings is 1. The predicted molar refractivity (Wildman–Crippen MR) is 125 cm³/mol. The molecule has 1 fully saturated rings. The number of likely N-dealkylation sites (N-methyl/N-ethyl adjacent to an activating group) is 1. The number of hydrogen-bond acceptors (Lipinski definition) is 5. The van der Waals surface area contributed by atoms with E-state index in [1.54, 1.807) is 25.1 Å². The molecule has 0 radical (unpaired) electrons. The molecule has 2 N–H and O–H groups in total. The van der Waals surface area contributed by atoms with Crippen molar-refractivity contribution in [3.63, 3.8) is 0 Å². The summed E-state index contributed by atoms with van der Waals surface area (Å²) in [5.41, 5.74) is 0.484. The van der Waals surface area contributed by atoms with Gasteiger partial charge in [-0.1, -0.05) is 36.0 Å². The van der Waals surface area contributed by atoms with Crippen molar-refractivity contribution in [1.29, 1.82) is 0 Å². The Bertz CT molecular complexity index is 747. The Morgan fingerprint density at radius 3 is 2.26 bits per heavy atom. The molecule has 1 atom stereocenters. The average Bonchev–Trinajstić information content (AvgIpc) is 2.67. The number of carbonyl (C=O) groups excluding carboxylic acids is 3. The molecular weight excluding hydrogens is 439 g/mol. The lowest BCUT2D eigenvalue weighted by Crippen LogP contribution is -2.51. The number of anilines is 1. The minimum Gasteiger partial charge on any atom is -0.343 e. The Hall–Kier alpha value is -1.67. The number of hydrogen-bond donors (Lipinski definition) is 2. The normalized spacial score (nSPS) is 16.0. The zero-order chi connectivity index (χ0) is 22.8. The van der Waals surface area contributed by atoms with Gasteiger partial charge in [0.15, 0.2) is 0 Å². The molecule has 31 heavy (non-hydrogen) atoms. The molecular formula is C22H32Cl2N4O3. The third-order valence-corrected chi connectivity index (χ3v) is 5.70. The first-order chi connectivity index (χ1) is 14.7. The zero-order valence-corrected chi connectivity index (χ0v) is 19.8. The lowest BCUT2D eigenvalue weighted by Gasteiger charge is -2.32. The Labute approximate surface area is 194 Å². The van der Waals surface area contributed by atoms with Crippen molar-refractivity contribution in [3.8, 4) is 0 Å². The summed E-state index contributed by atoms with van der Waals surface area (Å²) in [7, 11) is 2.06. The van der Waals surface area contributed by atoms with Gasteiger partial charge in [-0.3, -0.25) is 14.5 Å². The van der Waals surface area contributed by atoms with E-state index in [0.29, 0.717) is 28.6 Å². The third-order valence-electron chi connectivity index (χ3n) is 5.27. The van der Waals surface area contributed by atoms with Crippen LogP contribution in [0.2, 0.25) is 10.0 Å². The second kappa shape index (κ2) is 13.0. The van der Waals surface area contributed by atoms with Gasteiger partial charge in [0.2, 0.25) is 11.8 Å². The summed E-state index contributed by atoms with van der Waals surface area (Å²) < 4.78 is 0. The van der Waals surface area contributed by atoms with Crippen molar-refractivity contribution in [2.75, 3.05) is 45.1 Å². The molecule has 172 valence electrons. The minimum atomic E-state index is -0.671. The largest absolute Gasteiger partial charge is 0.343 e. The molecule has 1 aromatic rings. The monoisotopic (exact) mass is 470 g/mol. The Balaban J connectivity index is 1.94. The molecule has 1 aliphatic heterocycles. The van der Waals surface area contributed by atoms with Gasteiger partial charge in [-0.05, 0) is 45.0 Å². The molecule has 2 amide bonds. The molecule has 1 aromatic carbocycles. The molecule has 1 aliphatic rings. The van der Waals surface area contributed by atoms with Gasteiger partial charge >= 0.3 is 0 Å². The summed E-state index contributed by atoms with van der Waals surface area (Å²) in [6, 6.07) is 4.14. The van der Waals surface area contributed by atoms with E-state index in [1.165, 1.54) is 0 Å². The number of amides is 2. The molecule has 0 unspecified atom stereocenters. The van der Waals surface area contributed by atoms with E-state index in [9.17, 15) is 14.4 Å². The molecule has 2 rings (SSSR count). The van der Waals surface area contributed by atoms with Gasteiger partial charge in [-0.15, -0.1) is 0 Å². The average molecular weight is 471 g/mol. The van der Waals surface area contributed by atoms with Crippen LogP contribution in [-0.4, -0.2) is 73.2 Å². The molecule has 0 spiro atoms. The smallest absolute Gasteiger partial charge is 0.246 e. The van der Waals surface area contributed by atoms with Crippen molar-refractivity contribution >= 4 is 46.5 Å². The van der Waals surface area contributed by atoms with Crippen LogP contribution in [0, 0.1) is 0 Å². The molecule has 0 aromatic heterocycles. The number of halogens is 2. The quantitative estimate of drug-likeness (QED) is 0.485. The van der Waals surface area contributed by atoms with Crippen molar-refractivity contribution in [2.45, 2.75) is 45.1 Å². The van der Waals surface area contributed by atoms with Crippen LogP contribution >= 0.6 is 23.2 Å². The highest BCUT2D eigenvalue weighted by Gasteiger charge is 2.23. The number of ketones is 1. The van der Waals surface area contributed by atoms with E-state index < -0.39 is 6.04 Å². The summed E-state index contributed by atoms with van der Waals surface area (Å²) in [6.45, 7) is 5.33. The van der Waals surface area contributed by atoms with Crippen LogP contribution in [0.15, 0.2) is 18.2 Å². The first-order valence-electron chi connectivity index (χ1n) is 10.7. The van der Waals surface area contributed by atoms with Gasteiger partial charge in [0, 0.05) is 48.3 Å². The van der Waals surface area contributed by atoms with E-state index in [-0.39, 0.29) is 24.1 Å². The second-order valence-corrected chi connectivity index (χ2v) is 9.02. The number of unbranched alkanes of at least 4 members (excludes halogenated alkanes) is 2. The number of piperazine rings is 1. The summed E-state index contributed by atoms with van der Waals surface area (Å²) in [5, 5.41) is 6.52. The van der Waals surface area contributed by atoms with Crippen molar-refractivity contribution < 1.29 is 14.4 Å². The van der Waals surface area contributed by atoms with E-state index in [0.717, 1.165) is 45.4 Å². The van der Waals surface area contributed by atoms with Crippen LogP contribution in [0.1, 0.15) is 39.0 Å². The van der Waals surface area contributed by atoms with Crippen LogP contribution in [0.4, 0.5) is 5.69 Å². The fraction of sp³-hybridized carbons (Fsp3) is 0.591. The maximum atomic E-state index is 12.9. The number of Topliss-reactive ketones (excluding diaryl/α,β-unsaturated/α-hetero) is 1. The van der Waals surface area contributed by atoms with Crippen molar-refractivity contribution in [1.82, 2.24) is 15.1 Å². The van der Waals surface area contributed by atoms with E-state index in [4.69, 9.17) is 23.2 Å². The van der Waals surface area contributed by atoms with E-state index in [1.807, 2.05) is 0 Å². The van der Waals surface area contributed by atoms with E-state index >= 15 is 0 Å². The predicted octanol–water partition coefficient (Wildman–Crippen LogP) is 3.20. The highest BCUT2D eigenvalue weighted by Crippen LogP contribution is 2.22. The van der Waals surface area contributed by atoms with Gasteiger partial charge in [0.05, 0.1) is 6.54 Å². The van der Waals surface area contributed by atoms with Gasteiger partial charge < -0.3 is 20.3 Å². The number of nitrogens with one attached hydrogen (secondary N) is 2. The summed E-state index contributed by atoms with van der Waals surface area (Å²) in [6.07, 6.45) is 3.36. The SMILES string of the molecule is CC(=O)CCCCC[C@H](NC(=O)CN1CCN(C)CC1)C(=O)Nc1cc(Cl)cc(Cl)c1.